The topological polar surface area (TPSA) is 20.2 Å². The third kappa shape index (κ3) is 1.53. The molecular weight excluding hydrogens is 232 g/mol. The lowest BCUT2D eigenvalue weighted by molar-refractivity contribution is 0.133. The molecule has 0 radical (unpaired) electrons. The van der Waals surface area contributed by atoms with Crippen molar-refractivity contribution in [3.8, 4) is 5.75 Å². The van der Waals surface area contributed by atoms with E-state index in [4.69, 9.17) is 0 Å². The molecule has 0 saturated heterocycles. The molecule has 2 aliphatic carbocycles. The lowest BCUT2D eigenvalue weighted by Crippen LogP contribution is -2.31. The van der Waals surface area contributed by atoms with E-state index >= 15 is 0 Å². The number of benzene rings is 1. The molecule has 2 saturated carbocycles. The van der Waals surface area contributed by atoms with Crippen molar-refractivity contribution in [2.45, 2.75) is 59.8 Å². The smallest absolute Gasteiger partial charge is 0.121 e. The third-order valence-corrected chi connectivity index (χ3v) is 6.64. The maximum atomic E-state index is 10.5. The van der Waals surface area contributed by atoms with E-state index in [2.05, 4.69) is 39.8 Å². The molecule has 1 aromatic rings. The number of rotatable bonds is 1. The van der Waals surface area contributed by atoms with E-state index < -0.39 is 0 Å². The highest BCUT2D eigenvalue weighted by atomic mass is 16.3. The molecule has 3 atom stereocenters. The Hall–Kier alpha value is -0.980. The van der Waals surface area contributed by atoms with Crippen molar-refractivity contribution in [1.29, 1.82) is 0 Å². The molecular formula is C18H26O. The Kier molecular flexibility index (Phi) is 2.59. The number of hydrogen-bond acceptors (Lipinski definition) is 1. The quantitative estimate of drug-likeness (QED) is 0.756. The van der Waals surface area contributed by atoms with Gasteiger partial charge in [-0.3, -0.25) is 0 Å². The van der Waals surface area contributed by atoms with Crippen LogP contribution in [0.25, 0.3) is 0 Å². The van der Waals surface area contributed by atoms with Gasteiger partial charge in [0.2, 0.25) is 0 Å². The van der Waals surface area contributed by atoms with Crippen LogP contribution in [0.1, 0.15) is 62.6 Å². The van der Waals surface area contributed by atoms with E-state index in [0.717, 1.165) is 11.5 Å². The fraction of sp³-hybridized carbons (Fsp3) is 0.667. The summed E-state index contributed by atoms with van der Waals surface area (Å²) in [4.78, 5) is 0. The second-order valence-corrected chi connectivity index (χ2v) is 7.68. The molecule has 19 heavy (non-hydrogen) atoms. The van der Waals surface area contributed by atoms with Crippen LogP contribution in [0.2, 0.25) is 0 Å². The van der Waals surface area contributed by atoms with Crippen LogP contribution in [0.4, 0.5) is 0 Å². The zero-order valence-electron chi connectivity index (χ0n) is 12.9. The van der Waals surface area contributed by atoms with E-state index in [1.807, 2.05) is 6.92 Å². The Bertz CT molecular complexity index is 529. The molecule has 0 amide bonds. The molecule has 2 fully saturated rings. The van der Waals surface area contributed by atoms with E-state index in [-0.39, 0.29) is 0 Å². The van der Waals surface area contributed by atoms with Crippen LogP contribution in [0, 0.1) is 30.6 Å². The van der Waals surface area contributed by atoms with Gasteiger partial charge in [-0.1, -0.05) is 38.5 Å². The predicted molar refractivity (Wildman–Crippen MR) is 79.6 cm³/mol. The van der Waals surface area contributed by atoms with E-state index in [0.29, 0.717) is 22.5 Å². The Balaban J connectivity index is 2.11. The van der Waals surface area contributed by atoms with Crippen LogP contribution >= 0.6 is 0 Å². The molecule has 0 aliphatic heterocycles. The first-order valence-corrected chi connectivity index (χ1v) is 7.57. The highest BCUT2D eigenvalue weighted by Gasteiger charge is 2.61. The molecule has 1 heteroatoms. The number of phenolic OH excluding ortho intramolecular Hbond substituents is 1. The van der Waals surface area contributed by atoms with Gasteiger partial charge in [0.15, 0.2) is 0 Å². The number of fused-ring (bicyclic) bond motifs is 2. The van der Waals surface area contributed by atoms with Crippen LogP contribution in [0.5, 0.6) is 5.75 Å². The van der Waals surface area contributed by atoms with Gasteiger partial charge in [-0.25, -0.2) is 0 Å². The summed E-state index contributed by atoms with van der Waals surface area (Å²) in [5, 5.41) is 10.5. The fourth-order valence-corrected chi connectivity index (χ4v) is 4.93. The monoisotopic (exact) mass is 258 g/mol. The van der Waals surface area contributed by atoms with Gasteiger partial charge in [-0.2, -0.15) is 0 Å². The largest absolute Gasteiger partial charge is 0.507 e. The summed E-state index contributed by atoms with van der Waals surface area (Å²) >= 11 is 0. The standard InChI is InChI=1S/C18H26O/c1-11-8-12(2)16(19)14(9-11)15-10-13-6-7-18(15,5)17(13,3)4/h8-9,13,15,19H,6-7,10H2,1-5H3/t13-,15-,18+/m1/s1. The Labute approximate surface area is 117 Å². The third-order valence-electron chi connectivity index (χ3n) is 6.64. The van der Waals surface area contributed by atoms with Crippen molar-refractivity contribution in [2.24, 2.45) is 16.7 Å². The van der Waals surface area contributed by atoms with Gasteiger partial charge in [0.05, 0.1) is 0 Å². The summed E-state index contributed by atoms with van der Waals surface area (Å²) < 4.78 is 0. The van der Waals surface area contributed by atoms with Crippen molar-refractivity contribution in [3.05, 3.63) is 28.8 Å². The lowest BCUT2D eigenvalue weighted by Gasteiger charge is -2.40. The minimum Gasteiger partial charge on any atom is -0.507 e. The first kappa shape index (κ1) is 13.0. The van der Waals surface area contributed by atoms with Gasteiger partial charge in [0, 0.05) is 0 Å². The van der Waals surface area contributed by atoms with Gasteiger partial charge >= 0.3 is 0 Å². The van der Waals surface area contributed by atoms with Crippen LogP contribution in [0.3, 0.4) is 0 Å². The van der Waals surface area contributed by atoms with Crippen molar-refractivity contribution >= 4 is 0 Å². The maximum Gasteiger partial charge on any atom is 0.121 e. The average Bonchev–Trinajstić information content (AvgIpc) is 2.66. The number of phenols is 1. The van der Waals surface area contributed by atoms with Gasteiger partial charge < -0.3 is 5.11 Å². The molecule has 0 unspecified atom stereocenters. The second kappa shape index (κ2) is 3.77. The predicted octanol–water partition coefficient (Wildman–Crippen LogP) is 4.94. The summed E-state index contributed by atoms with van der Waals surface area (Å²) in [7, 11) is 0. The van der Waals surface area contributed by atoms with Gasteiger partial charge in [0.25, 0.3) is 0 Å². The van der Waals surface area contributed by atoms with E-state index in [9.17, 15) is 5.11 Å². The van der Waals surface area contributed by atoms with Crippen molar-refractivity contribution in [1.82, 2.24) is 0 Å². The Morgan fingerprint density at radius 1 is 1.16 bits per heavy atom. The first-order valence-electron chi connectivity index (χ1n) is 7.57. The maximum absolute atomic E-state index is 10.5. The number of aromatic hydroxyl groups is 1. The minimum absolute atomic E-state index is 0.343. The molecule has 1 aromatic carbocycles. The minimum atomic E-state index is 0.343. The zero-order chi connectivity index (χ0) is 14.0. The molecule has 3 rings (SSSR count). The summed E-state index contributed by atoms with van der Waals surface area (Å²) in [5.74, 6) is 1.89. The van der Waals surface area contributed by atoms with Crippen LogP contribution in [0.15, 0.2) is 12.1 Å². The molecule has 1 N–H and O–H groups in total. The summed E-state index contributed by atoms with van der Waals surface area (Å²) in [6.45, 7) is 11.5. The molecule has 0 aromatic heterocycles. The number of aryl methyl sites for hydroxylation is 2. The SMILES string of the molecule is Cc1cc(C)c(O)c([C@H]2C[C@H]3CC[C@]2(C)C3(C)C)c1. The van der Waals surface area contributed by atoms with E-state index in [1.165, 1.54) is 30.4 Å². The molecule has 1 nitrogen and oxygen atoms in total. The van der Waals surface area contributed by atoms with Crippen molar-refractivity contribution < 1.29 is 5.11 Å². The highest BCUT2D eigenvalue weighted by molar-refractivity contribution is 5.46. The molecule has 0 spiro atoms. The Morgan fingerprint density at radius 3 is 2.37 bits per heavy atom. The molecule has 2 bridgehead atoms. The fourth-order valence-electron chi connectivity index (χ4n) is 4.93. The number of hydrogen-bond donors (Lipinski definition) is 1. The Morgan fingerprint density at radius 2 is 1.84 bits per heavy atom. The van der Waals surface area contributed by atoms with Crippen LogP contribution in [-0.4, -0.2) is 5.11 Å². The van der Waals surface area contributed by atoms with E-state index in [1.54, 1.807) is 0 Å². The van der Waals surface area contributed by atoms with Gasteiger partial charge in [-0.05, 0) is 66.9 Å². The molecule has 0 heterocycles. The average molecular weight is 258 g/mol. The summed E-state index contributed by atoms with van der Waals surface area (Å²) in [6.07, 6.45) is 3.92. The van der Waals surface area contributed by atoms with Gasteiger partial charge in [0.1, 0.15) is 5.75 Å². The van der Waals surface area contributed by atoms with Gasteiger partial charge in [-0.15, -0.1) is 0 Å². The van der Waals surface area contributed by atoms with Crippen molar-refractivity contribution in [2.75, 3.05) is 0 Å². The molecule has 2 aliphatic rings. The summed E-state index contributed by atoms with van der Waals surface area (Å²) in [6, 6.07) is 4.30. The second-order valence-electron chi connectivity index (χ2n) is 7.68. The zero-order valence-corrected chi connectivity index (χ0v) is 12.9. The highest BCUT2D eigenvalue weighted by Crippen LogP contribution is 2.71. The normalized spacial score (nSPS) is 35.8. The lowest BCUT2D eigenvalue weighted by atomic mass is 9.64. The van der Waals surface area contributed by atoms with Crippen LogP contribution in [-0.2, 0) is 0 Å². The van der Waals surface area contributed by atoms with Crippen LogP contribution < -0.4 is 0 Å². The molecule has 104 valence electrons. The van der Waals surface area contributed by atoms with Crippen molar-refractivity contribution in [3.63, 3.8) is 0 Å². The first-order chi connectivity index (χ1) is 8.77. The summed E-state index contributed by atoms with van der Waals surface area (Å²) in [5.41, 5.74) is 4.25.